The maximum absolute atomic E-state index is 12.9. The first-order valence-electron chi connectivity index (χ1n) is 11.1. The smallest absolute Gasteiger partial charge is 0.253 e. The first-order chi connectivity index (χ1) is 16.1. The number of amides is 2. The average molecular weight is 445 g/mol. The zero-order chi connectivity index (χ0) is 23.0. The van der Waals surface area contributed by atoms with Crippen molar-refractivity contribution in [2.45, 2.75) is 25.4 Å². The van der Waals surface area contributed by atoms with E-state index in [-0.39, 0.29) is 17.9 Å². The fourth-order valence-corrected chi connectivity index (χ4v) is 4.02. The lowest BCUT2D eigenvalue weighted by Crippen LogP contribution is -2.45. The number of rotatable bonds is 7. The van der Waals surface area contributed by atoms with Crippen molar-refractivity contribution in [1.82, 2.24) is 15.6 Å². The van der Waals surface area contributed by atoms with Crippen molar-refractivity contribution >= 4 is 17.5 Å². The number of carbonyl (C=O) groups excluding carboxylic acids is 2. The molecule has 2 N–H and O–H groups in total. The van der Waals surface area contributed by atoms with E-state index < -0.39 is 0 Å². The normalized spacial score (nSPS) is 13.9. The summed E-state index contributed by atoms with van der Waals surface area (Å²) in [5.74, 6) is 0.460. The minimum Gasteiger partial charge on any atom is -0.497 e. The number of benzene rings is 2. The minimum absolute atomic E-state index is 0.0894. The summed E-state index contributed by atoms with van der Waals surface area (Å²) in [5, 5.41) is 6.11. The number of piperidine rings is 1. The summed E-state index contributed by atoms with van der Waals surface area (Å²) in [4.78, 5) is 31.8. The van der Waals surface area contributed by atoms with Crippen molar-refractivity contribution in [1.29, 1.82) is 0 Å². The summed E-state index contributed by atoms with van der Waals surface area (Å²) in [6.07, 6.45) is 5.07. The van der Waals surface area contributed by atoms with Crippen LogP contribution in [0.15, 0.2) is 73.1 Å². The van der Waals surface area contributed by atoms with E-state index in [0.29, 0.717) is 23.4 Å². The molecule has 170 valence electrons. The summed E-state index contributed by atoms with van der Waals surface area (Å²) >= 11 is 0. The molecule has 0 saturated carbocycles. The van der Waals surface area contributed by atoms with Crippen molar-refractivity contribution in [3.05, 3.63) is 89.7 Å². The van der Waals surface area contributed by atoms with Crippen molar-refractivity contribution in [3.63, 3.8) is 0 Å². The van der Waals surface area contributed by atoms with E-state index in [1.807, 2.05) is 48.5 Å². The van der Waals surface area contributed by atoms with Crippen LogP contribution in [0.5, 0.6) is 5.75 Å². The zero-order valence-corrected chi connectivity index (χ0v) is 18.7. The molecule has 0 radical (unpaired) electrons. The Bertz CT molecular complexity index is 1100. The van der Waals surface area contributed by atoms with Crippen LogP contribution in [0, 0.1) is 0 Å². The molecule has 1 aromatic heterocycles. The maximum Gasteiger partial charge on any atom is 0.253 e. The van der Waals surface area contributed by atoms with Gasteiger partial charge in [-0.1, -0.05) is 24.3 Å². The highest BCUT2D eigenvalue weighted by molar-refractivity contribution is 5.99. The van der Waals surface area contributed by atoms with Gasteiger partial charge in [0, 0.05) is 49.3 Å². The van der Waals surface area contributed by atoms with Gasteiger partial charge in [-0.25, -0.2) is 0 Å². The van der Waals surface area contributed by atoms with Gasteiger partial charge in [0.25, 0.3) is 11.8 Å². The number of ether oxygens (including phenoxy) is 1. The predicted molar refractivity (Wildman–Crippen MR) is 128 cm³/mol. The minimum atomic E-state index is -0.108. The second-order valence-corrected chi connectivity index (χ2v) is 8.03. The highest BCUT2D eigenvalue weighted by Crippen LogP contribution is 2.25. The molecule has 1 aliphatic rings. The highest BCUT2D eigenvalue weighted by atomic mass is 16.5. The number of nitrogens with zero attached hydrogens (tertiary/aromatic N) is 2. The molecule has 0 atom stereocenters. The Balaban J connectivity index is 1.35. The molecule has 3 aromatic rings. The van der Waals surface area contributed by atoms with E-state index in [2.05, 4.69) is 20.5 Å². The molecule has 7 heteroatoms. The van der Waals surface area contributed by atoms with E-state index in [4.69, 9.17) is 4.74 Å². The molecule has 4 rings (SSSR count). The maximum atomic E-state index is 12.9. The highest BCUT2D eigenvalue weighted by Gasteiger charge is 2.24. The molecule has 1 fully saturated rings. The van der Waals surface area contributed by atoms with Crippen LogP contribution in [-0.4, -0.2) is 43.0 Å². The van der Waals surface area contributed by atoms with Gasteiger partial charge in [-0.05, 0) is 54.8 Å². The van der Waals surface area contributed by atoms with Crippen molar-refractivity contribution in [2.24, 2.45) is 0 Å². The van der Waals surface area contributed by atoms with Crippen LogP contribution in [-0.2, 0) is 6.54 Å². The van der Waals surface area contributed by atoms with Gasteiger partial charge in [-0.3, -0.25) is 14.6 Å². The summed E-state index contributed by atoms with van der Waals surface area (Å²) in [6, 6.07) is 18.7. The second-order valence-electron chi connectivity index (χ2n) is 8.03. The second kappa shape index (κ2) is 10.6. The molecule has 0 spiro atoms. The monoisotopic (exact) mass is 444 g/mol. The fourth-order valence-electron chi connectivity index (χ4n) is 4.02. The molecule has 33 heavy (non-hydrogen) atoms. The van der Waals surface area contributed by atoms with Crippen molar-refractivity contribution in [2.75, 3.05) is 25.1 Å². The molecule has 0 aliphatic carbocycles. The summed E-state index contributed by atoms with van der Waals surface area (Å²) in [5.41, 5.74) is 3.11. The summed E-state index contributed by atoms with van der Waals surface area (Å²) < 4.78 is 5.21. The van der Waals surface area contributed by atoms with Gasteiger partial charge in [0.2, 0.25) is 0 Å². The topological polar surface area (TPSA) is 83.6 Å². The third-order valence-corrected chi connectivity index (χ3v) is 5.83. The van der Waals surface area contributed by atoms with E-state index in [0.717, 1.165) is 37.2 Å². The number of anilines is 1. The Morgan fingerprint density at radius 3 is 2.61 bits per heavy atom. The van der Waals surface area contributed by atoms with Crippen LogP contribution in [0.2, 0.25) is 0 Å². The van der Waals surface area contributed by atoms with Gasteiger partial charge in [0.05, 0.1) is 12.7 Å². The quantitative estimate of drug-likeness (QED) is 0.584. The predicted octanol–water partition coefficient (Wildman–Crippen LogP) is 3.42. The standard InChI is InChI=1S/C26H28N4O3/c1-33-22-8-4-7-20(16-22)25(31)29-21-11-14-30(15-12-21)24-10-3-2-9-23(24)26(32)28-18-19-6-5-13-27-17-19/h2-10,13,16-17,21H,11-12,14-15,18H2,1H3,(H,28,32)(H,29,31). The van der Waals surface area contributed by atoms with Crippen LogP contribution < -0.4 is 20.3 Å². The Morgan fingerprint density at radius 1 is 1.03 bits per heavy atom. The number of hydrogen-bond acceptors (Lipinski definition) is 5. The third kappa shape index (κ3) is 5.68. The van der Waals surface area contributed by atoms with Gasteiger partial charge >= 0.3 is 0 Å². The number of pyridine rings is 1. The fraction of sp³-hybridized carbons (Fsp3) is 0.269. The number of carbonyl (C=O) groups is 2. The first kappa shape index (κ1) is 22.3. The average Bonchev–Trinajstić information content (AvgIpc) is 2.88. The first-order valence-corrected chi connectivity index (χ1v) is 11.1. The van der Waals surface area contributed by atoms with Crippen molar-refractivity contribution in [3.8, 4) is 5.75 Å². The molecular formula is C26H28N4O3. The largest absolute Gasteiger partial charge is 0.497 e. The van der Waals surface area contributed by atoms with E-state index in [9.17, 15) is 9.59 Å². The summed E-state index contributed by atoms with van der Waals surface area (Å²) in [7, 11) is 1.59. The van der Waals surface area contributed by atoms with Gasteiger partial charge in [0.15, 0.2) is 0 Å². The van der Waals surface area contributed by atoms with Crippen LogP contribution in [0.25, 0.3) is 0 Å². The van der Waals surface area contributed by atoms with E-state index in [1.165, 1.54) is 0 Å². The van der Waals surface area contributed by atoms with Gasteiger partial charge in [0.1, 0.15) is 5.75 Å². The molecule has 2 amide bonds. The molecule has 1 saturated heterocycles. The lowest BCUT2D eigenvalue weighted by Gasteiger charge is -2.35. The lowest BCUT2D eigenvalue weighted by molar-refractivity contribution is 0.0929. The number of methoxy groups -OCH3 is 1. The van der Waals surface area contributed by atoms with Crippen LogP contribution in [0.4, 0.5) is 5.69 Å². The lowest BCUT2D eigenvalue weighted by atomic mass is 10.0. The third-order valence-electron chi connectivity index (χ3n) is 5.83. The van der Waals surface area contributed by atoms with Crippen LogP contribution in [0.1, 0.15) is 39.1 Å². The summed E-state index contributed by atoms with van der Waals surface area (Å²) in [6.45, 7) is 1.95. The molecule has 7 nitrogen and oxygen atoms in total. The van der Waals surface area contributed by atoms with Crippen LogP contribution >= 0.6 is 0 Å². The molecule has 0 bridgehead atoms. The molecule has 0 unspecified atom stereocenters. The van der Waals surface area contributed by atoms with Gasteiger partial charge in [-0.15, -0.1) is 0 Å². The zero-order valence-electron chi connectivity index (χ0n) is 18.7. The molecule has 2 aromatic carbocycles. The number of aromatic nitrogens is 1. The Labute approximate surface area is 193 Å². The number of para-hydroxylation sites is 1. The number of nitrogens with one attached hydrogen (secondary N) is 2. The van der Waals surface area contributed by atoms with Gasteiger partial charge < -0.3 is 20.3 Å². The van der Waals surface area contributed by atoms with Crippen LogP contribution in [0.3, 0.4) is 0 Å². The van der Waals surface area contributed by atoms with Gasteiger partial charge in [-0.2, -0.15) is 0 Å². The van der Waals surface area contributed by atoms with E-state index >= 15 is 0 Å². The Kier molecular flexibility index (Phi) is 7.19. The van der Waals surface area contributed by atoms with E-state index in [1.54, 1.807) is 31.6 Å². The molecule has 2 heterocycles. The molecule has 1 aliphatic heterocycles. The Hall–Kier alpha value is -3.87. The molecular weight excluding hydrogens is 416 g/mol. The van der Waals surface area contributed by atoms with Crippen molar-refractivity contribution < 1.29 is 14.3 Å². The number of hydrogen-bond donors (Lipinski definition) is 2. The SMILES string of the molecule is COc1cccc(C(=O)NC2CCN(c3ccccc3C(=O)NCc3cccnc3)CC2)c1. The Morgan fingerprint density at radius 2 is 1.85 bits per heavy atom.